The number of amides is 1. The highest BCUT2D eigenvalue weighted by molar-refractivity contribution is 7.92. The van der Waals surface area contributed by atoms with E-state index in [1.54, 1.807) is 6.07 Å². The third-order valence-electron chi connectivity index (χ3n) is 4.13. The van der Waals surface area contributed by atoms with Gasteiger partial charge in [0.15, 0.2) is 0 Å². The molecule has 0 aromatic heterocycles. The van der Waals surface area contributed by atoms with Crippen molar-refractivity contribution in [1.29, 1.82) is 0 Å². The Morgan fingerprint density at radius 1 is 0.966 bits per heavy atom. The van der Waals surface area contributed by atoms with Crippen LogP contribution in [0.5, 0.6) is 0 Å². The van der Waals surface area contributed by atoms with Crippen LogP contribution in [0.4, 0.5) is 10.1 Å². The fourth-order valence-electron chi connectivity index (χ4n) is 2.65. The van der Waals surface area contributed by atoms with Crippen molar-refractivity contribution < 1.29 is 17.6 Å². The summed E-state index contributed by atoms with van der Waals surface area (Å²) >= 11 is 5.93. The molecule has 150 valence electrons. The predicted molar refractivity (Wildman–Crippen MR) is 111 cm³/mol. The van der Waals surface area contributed by atoms with Gasteiger partial charge in [-0.2, -0.15) is 0 Å². The molecule has 3 rings (SSSR count). The molecule has 3 aromatic carbocycles. The monoisotopic (exact) mass is 432 g/mol. The zero-order chi connectivity index (χ0) is 20.9. The largest absolute Gasteiger partial charge is 0.352 e. The molecular formula is C21H18ClFN2O3S. The number of nitrogens with one attached hydrogen (secondary N) is 2. The van der Waals surface area contributed by atoms with Crippen LogP contribution in [0.2, 0.25) is 5.02 Å². The number of para-hydroxylation sites is 1. The van der Waals surface area contributed by atoms with Gasteiger partial charge in [-0.25, -0.2) is 12.8 Å². The quantitative estimate of drug-likeness (QED) is 0.586. The van der Waals surface area contributed by atoms with Gasteiger partial charge in [-0.1, -0.05) is 35.9 Å². The van der Waals surface area contributed by atoms with Crippen LogP contribution in [0, 0.1) is 5.82 Å². The molecule has 0 saturated carbocycles. The maximum Gasteiger partial charge on any atom is 0.261 e. The molecule has 0 spiro atoms. The third-order valence-corrected chi connectivity index (χ3v) is 5.75. The van der Waals surface area contributed by atoms with Crippen molar-refractivity contribution in [3.63, 3.8) is 0 Å². The highest BCUT2D eigenvalue weighted by atomic mass is 35.5. The van der Waals surface area contributed by atoms with E-state index in [2.05, 4.69) is 10.0 Å². The zero-order valence-corrected chi connectivity index (χ0v) is 16.8. The number of halogens is 2. The van der Waals surface area contributed by atoms with E-state index >= 15 is 0 Å². The SMILES string of the molecule is O=C(NCCc1cccc(Cl)c1)c1ccc(S(=O)(=O)Nc2ccccc2F)cc1. The molecular weight excluding hydrogens is 415 g/mol. The molecule has 0 atom stereocenters. The molecule has 0 radical (unpaired) electrons. The van der Waals surface area contributed by atoms with Crippen LogP contribution < -0.4 is 10.0 Å². The maximum absolute atomic E-state index is 13.7. The van der Waals surface area contributed by atoms with Gasteiger partial charge < -0.3 is 5.32 Å². The molecule has 8 heteroatoms. The number of benzene rings is 3. The lowest BCUT2D eigenvalue weighted by molar-refractivity contribution is 0.0954. The Labute approximate surface area is 173 Å². The van der Waals surface area contributed by atoms with Crippen molar-refractivity contribution in [2.45, 2.75) is 11.3 Å². The van der Waals surface area contributed by atoms with Crippen LogP contribution in [-0.2, 0) is 16.4 Å². The average Bonchev–Trinajstić information content (AvgIpc) is 2.70. The number of carbonyl (C=O) groups excluding carboxylic acids is 1. The molecule has 29 heavy (non-hydrogen) atoms. The van der Waals surface area contributed by atoms with Crippen LogP contribution in [0.25, 0.3) is 0 Å². The molecule has 0 aliphatic carbocycles. The smallest absolute Gasteiger partial charge is 0.261 e. The van der Waals surface area contributed by atoms with Crippen LogP contribution in [-0.4, -0.2) is 20.9 Å². The zero-order valence-electron chi connectivity index (χ0n) is 15.2. The van der Waals surface area contributed by atoms with E-state index in [-0.39, 0.29) is 16.5 Å². The summed E-state index contributed by atoms with van der Waals surface area (Å²) in [5.41, 5.74) is 1.18. The second-order valence-corrected chi connectivity index (χ2v) is 8.36. The van der Waals surface area contributed by atoms with E-state index in [1.165, 1.54) is 42.5 Å². The Balaban J connectivity index is 1.61. The average molecular weight is 433 g/mol. The van der Waals surface area contributed by atoms with Gasteiger partial charge in [-0.05, 0) is 60.5 Å². The Bertz CT molecular complexity index is 1120. The standard InChI is InChI=1S/C21H18ClFN2O3S/c22-17-5-3-4-15(14-17)12-13-24-21(26)16-8-10-18(11-9-16)29(27,28)25-20-7-2-1-6-19(20)23/h1-11,14,25H,12-13H2,(H,24,26). The van der Waals surface area contributed by atoms with Gasteiger partial charge >= 0.3 is 0 Å². The van der Waals surface area contributed by atoms with Gasteiger partial charge in [0.2, 0.25) is 0 Å². The second-order valence-electron chi connectivity index (χ2n) is 6.25. The minimum atomic E-state index is -3.97. The van der Waals surface area contributed by atoms with Crippen LogP contribution >= 0.6 is 11.6 Å². The first-order valence-electron chi connectivity index (χ1n) is 8.75. The van der Waals surface area contributed by atoms with Crippen molar-refractivity contribution in [2.75, 3.05) is 11.3 Å². The topological polar surface area (TPSA) is 75.3 Å². The van der Waals surface area contributed by atoms with Crippen LogP contribution in [0.15, 0.2) is 77.7 Å². The predicted octanol–water partition coefficient (Wildman–Crippen LogP) is 4.25. The summed E-state index contributed by atoms with van der Waals surface area (Å²) in [5, 5.41) is 3.41. The van der Waals surface area contributed by atoms with Crippen molar-refractivity contribution in [1.82, 2.24) is 5.32 Å². The number of hydrogen-bond acceptors (Lipinski definition) is 3. The number of rotatable bonds is 7. The second kappa shape index (κ2) is 9.07. The third kappa shape index (κ3) is 5.56. The highest BCUT2D eigenvalue weighted by Gasteiger charge is 2.17. The molecule has 0 aliphatic heterocycles. The molecule has 0 saturated heterocycles. The summed E-state index contributed by atoms with van der Waals surface area (Å²) < 4.78 is 40.7. The molecule has 3 aromatic rings. The van der Waals surface area contributed by atoms with Crippen LogP contribution in [0.3, 0.4) is 0 Å². The minimum absolute atomic E-state index is 0.0729. The first kappa shape index (κ1) is 20.8. The number of anilines is 1. The number of carbonyl (C=O) groups is 1. The van der Waals surface area contributed by atoms with Crippen molar-refractivity contribution in [2.24, 2.45) is 0 Å². The van der Waals surface area contributed by atoms with Crippen molar-refractivity contribution in [3.05, 3.63) is 94.8 Å². The van der Waals surface area contributed by atoms with Gasteiger partial charge in [0, 0.05) is 17.1 Å². The molecule has 1 amide bonds. The highest BCUT2D eigenvalue weighted by Crippen LogP contribution is 2.19. The fraction of sp³-hybridized carbons (Fsp3) is 0.0952. The summed E-state index contributed by atoms with van der Waals surface area (Å²) in [6.07, 6.45) is 0.616. The Morgan fingerprint density at radius 2 is 1.69 bits per heavy atom. The van der Waals surface area contributed by atoms with Crippen molar-refractivity contribution in [3.8, 4) is 0 Å². The van der Waals surface area contributed by atoms with Gasteiger partial charge in [0.25, 0.3) is 15.9 Å². The van der Waals surface area contributed by atoms with Gasteiger partial charge in [-0.15, -0.1) is 0 Å². The van der Waals surface area contributed by atoms with Gasteiger partial charge in [-0.3, -0.25) is 9.52 Å². The van der Waals surface area contributed by atoms with Crippen molar-refractivity contribution >= 4 is 33.2 Å². The molecule has 0 bridgehead atoms. The summed E-state index contributed by atoms with van der Waals surface area (Å²) in [6.45, 7) is 0.411. The van der Waals surface area contributed by atoms with E-state index in [0.29, 0.717) is 23.6 Å². The Morgan fingerprint density at radius 3 is 2.38 bits per heavy atom. The van der Waals surface area contributed by atoms with Crippen LogP contribution in [0.1, 0.15) is 15.9 Å². The van der Waals surface area contributed by atoms with E-state index in [0.717, 1.165) is 11.6 Å². The van der Waals surface area contributed by atoms with E-state index in [9.17, 15) is 17.6 Å². The molecule has 0 aliphatic rings. The summed E-state index contributed by atoms with van der Waals surface area (Å²) in [7, 11) is -3.97. The molecule has 0 fully saturated rings. The molecule has 0 unspecified atom stereocenters. The Hall–Kier alpha value is -2.90. The maximum atomic E-state index is 13.7. The molecule has 0 heterocycles. The van der Waals surface area contributed by atoms with E-state index < -0.39 is 15.8 Å². The van der Waals surface area contributed by atoms with E-state index in [1.807, 2.05) is 18.2 Å². The first-order chi connectivity index (χ1) is 13.8. The lowest BCUT2D eigenvalue weighted by atomic mass is 10.1. The lowest BCUT2D eigenvalue weighted by Crippen LogP contribution is -2.25. The molecule has 2 N–H and O–H groups in total. The minimum Gasteiger partial charge on any atom is -0.352 e. The van der Waals surface area contributed by atoms with E-state index in [4.69, 9.17) is 11.6 Å². The fourth-order valence-corrected chi connectivity index (χ4v) is 3.93. The van der Waals surface area contributed by atoms with Gasteiger partial charge in [0.1, 0.15) is 5.82 Å². The first-order valence-corrected chi connectivity index (χ1v) is 10.6. The summed E-state index contributed by atoms with van der Waals surface area (Å²) in [4.78, 5) is 12.2. The Kier molecular flexibility index (Phi) is 6.51. The summed E-state index contributed by atoms with van der Waals surface area (Å²) in [5.74, 6) is -0.996. The molecule has 5 nitrogen and oxygen atoms in total. The number of sulfonamides is 1. The lowest BCUT2D eigenvalue weighted by Gasteiger charge is -2.10. The number of hydrogen-bond donors (Lipinski definition) is 2. The van der Waals surface area contributed by atoms with Gasteiger partial charge in [0.05, 0.1) is 10.6 Å². The normalized spacial score (nSPS) is 11.1. The summed E-state index contributed by atoms with van der Waals surface area (Å²) in [6, 6.07) is 18.3.